The van der Waals surface area contributed by atoms with Crippen LogP contribution in [0.3, 0.4) is 0 Å². The molecule has 0 radical (unpaired) electrons. The lowest BCUT2D eigenvalue weighted by Crippen LogP contribution is -2.05. The molecule has 1 N–H and O–H groups in total. The van der Waals surface area contributed by atoms with Gasteiger partial charge in [0.15, 0.2) is 0 Å². The third-order valence-electron chi connectivity index (χ3n) is 2.47. The zero-order valence-corrected chi connectivity index (χ0v) is 12.5. The van der Waals surface area contributed by atoms with Gasteiger partial charge in [0.25, 0.3) is 0 Å². The smallest absolute Gasteiger partial charge is 0.337 e. The molecule has 0 amide bonds. The van der Waals surface area contributed by atoms with Crippen molar-refractivity contribution in [2.45, 2.75) is 6.54 Å². The third kappa shape index (κ3) is 3.54. The van der Waals surface area contributed by atoms with E-state index < -0.39 is 11.8 Å². The Morgan fingerprint density at radius 3 is 2.84 bits per heavy atom. The van der Waals surface area contributed by atoms with Crippen molar-refractivity contribution in [1.82, 2.24) is 0 Å². The Morgan fingerprint density at radius 2 is 2.21 bits per heavy atom. The predicted molar refractivity (Wildman–Crippen MR) is 77.1 cm³/mol. The van der Waals surface area contributed by atoms with Crippen LogP contribution in [-0.4, -0.2) is 13.1 Å². The predicted octanol–water partition coefficient (Wildman–Crippen LogP) is 4.05. The summed E-state index contributed by atoms with van der Waals surface area (Å²) in [6, 6.07) is 7.98. The normalized spacial score (nSPS) is 10.3. The van der Waals surface area contributed by atoms with Gasteiger partial charge in [-0.25, -0.2) is 9.18 Å². The summed E-state index contributed by atoms with van der Waals surface area (Å²) in [7, 11) is 1.29. The Labute approximate surface area is 122 Å². The summed E-state index contributed by atoms with van der Waals surface area (Å²) in [5, 5.41) is 2.97. The lowest BCUT2D eigenvalue weighted by molar-refractivity contribution is 0.0600. The molecule has 19 heavy (non-hydrogen) atoms. The first-order chi connectivity index (χ1) is 9.10. The molecule has 0 aliphatic carbocycles. The number of esters is 1. The molecule has 1 aromatic heterocycles. The Bertz CT molecular complexity index is 600. The van der Waals surface area contributed by atoms with Gasteiger partial charge in [0.2, 0.25) is 0 Å². The first kappa shape index (κ1) is 14.0. The quantitative estimate of drug-likeness (QED) is 0.851. The fourth-order valence-corrected chi connectivity index (χ4v) is 2.96. The highest BCUT2D eigenvalue weighted by molar-refractivity contribution is 9.11. The lowest BCUT2D eigenvalue weighted by Gasteiger charge is -2.08. The summed E-state index contributed by atoms with van der Waals surface area (Å²) in [6.07, 6.45) is 0. The number of rotatable bonds is 4. The molecule has 100 valence electrons. The fraction of sp³-hybridized carbons (Fsp3) is 0.154. The highest BCUT2D eigenvalue weighted by Crippen LogP contribution is 2.24. The minimum absolute atomic E-state index is 0.285. The van der Waals surface area contributed by atoms with E-state index >= 15 is 0 Å². The van der Waals surface area contributed by atoms with Gasteiger partial charge in [0, 0.05) is 11.4 Å². The molecule has 0 bridgehead atoms. The second-order valence-electron chi connectivity index (χ2n) is 3.75. The number of hydrogen-bond donors (Lipinski definition) is 1. The van der Waals surface area contributed by atoms with Crippen molar-refractivity contribution in [2.24, 2.45) is 0 Å². The average Bonchev–Trinajstić information content (AvgIpc) is 2.82. The SMILES string of the molecule is COC(=O)c1ccc(F)c(NCc2ccc(Br)s2)c1. The number of thiophene rings is 1. The summed E-state index contributed by atoms with van der Waals surface area (Å²) in [5.41, 5.74) is 0.603. The summed E-state index contributed by atoms with van der Waals surface area (Å²) in [5.74, 6) is -0.884. The van der Waals surface area contributed by atoms with Gasteiger partial charge < -0.3 is 10.1 Å². The Kier molecular flexibility index (Phi) is 4.55. The van der Waals surface area contributed by atoms with Crippen LogP contribution in [0, 0.1) is 5.82 Å². The second kappa shape index (κ2) is 6.16. The van der Waals surface area contributed by atoms with E-state index in [1.165, 1.54) is 25.3 Å². The van der Waals surface area contributed by atoms with Crippen molar-refractivity contribution in [2.75, 3.05) is 12.4 Å². The van der Waals surface area contributed by atoms with Crippen LogP contribution in [0.2, 0.25) is 0 Å². The number of methoxy groups -OCH3 is 1. The van der Waals surface area contributed by atoms with E-state index in [1.54, 1.807) is 11.3 Å². The number of carbonyl (C=O) groups excluding carboxylic acids is 1. The molecule has 1 heterocycles. The van der Waals surface area contributed by atoms with E-state index in [9.17, 15) is 9.18 Å². The van der Waals surface area contributed by atoms with Gasteiger partial charge in [-0.05, 0) is 46.3 Å². The standard InChI is InChI=1S/C13H11BrFNO2S/c1-18-13(17)8-2-4-10(15)11(6-8)16-7-9-3-5-12(14)19-9/h2-6,16H,7H2,1H3. The van der Waals surface area contributed by atoms with Gasteiger partial charge >= 0.3 is 5.97 Å². The van der Waals surface area contributed by atoms with Crippen molar-refractivity contribution >= 4 is 38.9 Å². The number of halogens is 2. The molecule has 6 heteroatoms. The van der Waals surface area contributed by atoms with E-state index in [0.29, 0.717) is 12.1 Å². The van der Waals surface area contributed by atoms with Crippen molar-refractivity contribution in [3.8, 4) is 0 Å². The number of nitrogens with one attached hydrogen (secondary N) is 1. The van der Waals surface area contributed by atoms with Crippen molar-refractivity contribution in [1.29, 1.82) is 0 Å². The lowest BCUT2D eigenvalue weighted by atomic mass is 10.2. The van der Waals surface area contributed by atoms with Crippen LogP contribution >= 0.6 is 27.3 Å². The van der Waals surface area contributed by atoms with E-state index in [0.717, 1.165) is 8.66 Å². The average molecular weight is 344 g/mol. The van der Waals surface area contributed by atoms with E-state index in [2.05, 4.69) is 26.0 Å². The van der Waals surface area contributed by atoms with Gasteiger partial charge in [-0.2, -0.15) is 0 Å². The maximum Gasteiger partial charge on any atom is 0.337 e. The van der Waals surface area contributed by atoms with Crippen molar-refractivity contribution < 1.29 is 13.9 Å². The molecule has 0 aliphatic heterocycles. The summed E-state index contributed by atoms with van der Waals surface area (Å²) >= 11 is 4.94. The molecule has 0 saturated heterocycles. The molecule has 0 unspecified atom stereocenters. The molecule has 0 fully saturated rings. The Morgan fingerprint density at radius 1 is 1.42 bits per heavy atom. The third-order valence-corrected chi connectivity index (χ3v) is 4.09. The van der Waals surface area contributed by atoms with E-state index in [-0.39, 0.29) is 5.69 Å². The minimum atomic E-state index is -0.484. The first-order valence-electron chi connectivity index (χ1n) is 5.46. The summed E-state index contributed by atoms with van der Waals surface area (Å²) < 4.78 is 19.2. The number of benzene rings is 1. The van der Waals surface area contributed by atoms with Gasteiger partial charge in [0.1, 0.15) is 5.82 Å². The number of anilines is 1. The van der Waals surface area contributed by atoms with Crippen LogP contribution in [0.1, 0.15) is 15.2 Å². The van der Waals surface area contributed by atoms with Gasteiger partial charge in [-0.3, -0.25) is 0 Å². The molecular formula is C13H11BrFNO2S. The topological polar surface area (TPSA) is 38.3 Å². The van der Waals surface area contributed by atoms with Crippen molar-refractivity contribution in [3.05, 3.63) is 50.4 Å². The zero-order chi connectivity index (χ0) is 13.8. The van der Waals surface area contributed by atoms with Crippen LogP contribution in [0.15, 0.2) is 34.1 Å². The Hall–Kier alpha value is -1.40. The van der Waals surface area contributed by atoms with Crippen LogP contribution in [0.4, 0.5) is 10.1 Å². The Balaban J connectivity index is 2.12. The molecule has 2 rings (SSSR count). The van der Waals surface area contributed by atoms with Crippen molar-refractivity contribution in [3.63, 3.8) is 0 Å². The molecule has 2 aromatic rings. The maximum atomic E-state index is 13.6. The summed E-state index contributed by atoms with van der Waals surface area (Å²) in [6.45, 7) is 0.498. The highest BCUT2D eigenvalue weighted by Gasteiger charge is 2.10. The number of hydrogen-bond acceptors (Lipinski definition) is 4. The monoisotopic (exact) mass is 343 g/mol. The van der Waals surface area contributed by atoms with E-state index in [1.807, 2.05) is 12.1 Å². The fourth-order valence-electron chi connectivity index (χ4n) is 1.53. The van der Waals surface area contributed by atoms with Crippen LogP contribution in [0.25, 0.3) is 0 Å². The first-order valence-corrected chi connectivity index (χ1v) is 7.07. The molecule has 0 atom stereocenters. The summed E-state index contributed by atoms with van der Waals surface area (Å²) in [4.78, 5) is 12.4. The zero-order valence-electron chi connectivity index (χ0n) is 10.1. The largest absolute Gasteiger partial charge is 0.465 e. The van der Waals surface area contributed by atoms with Crippen LogP contribution < -0.4 is 5.32 Å². The van der Waals surface area contributed by atoms with Crippen LogP contribution in [-0.2, 0) is 11.3 Å². The molecule has 3 nitrogen and oxygen atoms in total. The van der Waals surface area contributed by atoms with E-state index in [4.69, 9.17) is 0 Å². The molecule has 1 aromatic carbocycles. The molecule has 0 saturated carbocycles. The van der Waals surface area contributed by atoms with Gasteiger partial charge in [0.05, 0.1) is 22.1 Å². The van der Waals surface area contributed by atoms with Gasteiger partial charge in [-0.15, -0.1) is 11.3 Å². The molecule has 0 spiro atoms. The van der Waals surface area contributed by atoms with Crippen LogP contribution in [0.5, 0.6) is 0 Å². The number of carbonyl (C=O) groups is 1. The highest BCUT2D eigenvalue weighted by atomic mass is 79.9. The van der Waals surface area contributed by atoms with Gasteiger partial charge in [-0.1, -0.05) is 0 Å². The molecule has 0 aliphatic rings. The molecular weight excluding hydrogens is 333 g/mol. The minimum Gasteiger partial charge on any atom is -0.465 e. The number of ether oxygens (including phenoxy) is 1. The second-order valence-corrected chi connectivity index (χ2v) is 6.29. The maximum absolute atomic E-state index is 13.6.